The Hall–Kier alpha value is -3.39. The Bertz CT molecular complexity index is 1440. The molecule has 2 aromatic heterocycles. The van der Waals surface area contributed by atoms with Gasteiger partial charge >= 0.3 is 0 Å². The second kappa shape index (κ2) is 10.3. The maximum absolute atomic E-state index is 11.4. The highest BCUT2D eigenvalue weighted by Gasteiger charge is 2.29. The number of nitrogens with one attached hydrogen (secondary N) is 2. The number of aryl methyl sites for hydroxylation is 3. The third-order valence-corrected chi connectivity index (χ3v) is 7.31. The van der Waals surface area contributed by atoms with Crippen LogP contribution in [0.15, 0.2) is 54.9 Å². The van der Waals surface area contributed by atoms with Gasteiger partial charge in [0.15, 0.2) is 0 Å². The fraction of sp³-hybridized carbons (Fsp3) is 0.286. The predicted molar refractivity (Wildman–Crippen MR) is 142 cm³/mol. The molecule has 8 heteroatoms. The second-order valence-corrected chi connectivity index (χ2v) is 9.90. The summed E-state index contributed by atoms with van der Waals surface area (Å²) in [6, 6.07) is 12.7. The Balaban J connectivity index is 1.40. The monoisotopic (exact) mass is 503 g/mol. The molecule has 5 rings (SSSR count). The third kappa shape index (κ3) is 5.09. The van der Waals surface area contributed by atoms with E-state index in [9.17, 15) is 4.79 Å². The molecule has 0 saturated heterocycles. The van der Waals surface area contributed by atoms with E-state index in [1.165, 1.54) is 33.7 Å². The number of carbonyl (C=O) groups excluding carboxylic acids is 1. The summed E-state index contributed by atoms with van der Waals surface area (Å²) >= 11 is 6.18. The van der Waals surface area contributed by atoms with Crippen molar-refractivity contribution in [3.05, 3.63) is 93.4 Å². The van der Waals surface area contributed by atoms with Crippen LogP contribution in [-0.2, 0) is 31.2 Å². The summed E-state index contributed by atoms with van der Waals surface area (Å²) in [7, 11) is 1.97. The first-order valence-corrected chi connectivity index (χ1v) is 12.5. The SMILES string of the molecule is Cc1nn(C)cc1CN(CCc1c[nH]c2cc(Cl)ccc12)C1CCc2cc(/C=C/C(=O)NO)ccc21. The van der Waals surface area contributed by atoms with Crippen LogP contribution in [0.2, 0.25) is 5.02 Å². The maximum Gasteiger partial charge on any atom is 0.267 e. The zero-order chi connectivity index (χ0) is 25.2. The molecule has 1 aliphatic carbocycles. The first-order valence-electron chi connectivity index (χ1n) is 12.1. The number of halogens is 1. The average Bonchev–Trinajstić information content (AvgIpc) is 3.56. The number of amides is 1. The predicted octanol–water partition coefficient (Wildman–Crippen LogP) is 5.11. The summed E-state index contributed by atoms with van der Waals surface area (Å²) in [6.07, 6.45) is 10.2. The molecule has 0 spiro atoms. The van der Waals surface area contributed by atoms with Crippen LogP contribution < -0.4 is 5.48 Å². The fourth-order valence-corrected chi connectivity index (χ4v) is 5.48. The zero-order valence-electron chi connectivity index (χ0n) is 20.5. The number of hydrogen-bond donors (Lipinski definition) is 3. The molecule has 1 unspecified atom stereocenters. The highest BCUT2D eigenvalue weighted by Crippen LogP contribution is 2.38. The van der Waals surface area contributed by atoms with E-state index in [1.807, 2.05) is 29.9 Å². The van der Waals surface area contributed by atoms with Crippen LogP contribution in [-0.4, -0.2) is 37.3 Å². The number of nitrogens with zero attached hydrogens (tertiary/aromatic N) is 3. The largest absolute Gasteiger partial charge is 0.361 e. The Labute approximate surface area is 215 Å². The minimum absolute atomic E-state index is 0.304. The van der Waals surface area contributed by atoms with Gasteiger partial charge in [-0.15, -0.1) is 0 Å². The van der Waals surface area contributed by atoms with E-state index in [-0.39, 0.29) is 0 Å². The van der Waals surface area contributed by atoms with Crippen LogP contribution in [0, 0.1) is 6.92 Å². The quantitative estimate of drug-likeness (QED) is 0.177. The lowest BCUT2D eigenvalue weighted by Gasteiger charge is -2.29. The lowest BCUT2D eigenvalue weighted by Crippen LogP contribution is -2.29. The van der Waals surface area contributed by atoms with Crippen molar-refractivity contribution in [3.8, 4) is 0 Å². The number of hydrogen-bond acceptors (Lipinski definition) is 4. The van der Waals surface area contributed by atoms with Gasteiger partial charge in [0.1, 0.15) is 0 Å². The van der Waals surface area contributed by atoms with E-state index in [0.717, 1.165) is 54.1 Å². The van der Waals surface area contributed by atoms with Gasteiger partial charge in [-0.25, -0.2) is 5.48 Å². The lowest BCUT2D eigenvalue weighted by atomic mass is 10.0. The number of carbonyl (C=O) groups is 1. The van der Waals surface area contributed by atoms with Crippen molar-refractivity contribution in [3.63, 3.8) is 0 Å². The van der Waals surface area contributed by atoms with Crippen LogP contribution in [0.4, 0.5) is 0 Å². The first-order chi connectivity index (χ1) is 17.4. The molecule has 0 aliphatic heterocycles. The van der Waals surface area contributed by atoms with Crippen molar-refractivity contribution in [2.75, 3.05) is 6.54 Å². The molecule has 0 saturated carbocycles. The summed E-state index contributed by atoms with van der Waals surface area (Å²) in [5.41, 5.74) is 9.88. The first kappa shape index (κ1) is 24.3. The molecule has 0 radical (unpaired) electrons. The van der Waals surface area contributed by atoms with Crippen LogP contribution in [0.5, 0.6) is 0 Å². The minimum Gasteiger partial charge on any atom is -0.361 e. The van der Waals surface area contributed by atoms with Gasteiger partial charge in [0.05, 0.1) is 5.69 Å². The Morgan fingerprint density at radius 3 is 2.94 bits per heavy atom. The Kier molecular flexibility index (Phi) is 6.96. The van der Waals surface area contributed by atoms with Gasteiger partial charge in [-0.3, -0.25) is 19.6 Å². The van der Waals surface area contributed by atoms with Crippen molar-refractivity contribution < 1.29 is 10.0 Å². The molecule has 2 aromatic carbocycles. The van der Waals surface area contributed by atoms with Crippen molar-refractivity contribution in [1.82, 2.24) is 25.1 Å². The second-order valence-electron chi connectivity index (χ2n) is 9.46. The molecule has 1 aliphatic rings. The smallest absolute Gasteiger partial charge is 0.267 e. The molecule has 1 amide bonds. The number of hydroxylamine groups is 1. The third-order valence-electron chi connectivity index (χ3n) is 7.08. The molecular weight excluding hydrogens is 474 g/mol. The van der Waals surface area contributed by atoms with Crippen molar-refractivity contribution in [2.24, 2.45) is 7.05 Å². The molecule has 0 bridgehead atoms. The molecule has 36 heavy (non-hydrogen) atoms. The van der Waals surface area contributed by atoms with E-state index >= 15 is 0 Å². The van der Waals surface area contributed by atoms with Crippen LogP contribution in [0.25, 0.3) is 17.0 Å². The molecular formula is C28H30ClN5O2. The highest BCUT2D eigenvalue weighted by molar-refractivity contribution is 6.31. The topological polar surface area (TPSA) is 86.2 Å². The number of rotatable bonds is 8. The summed E-state index contributed by atoms with van der Waals surface area (Å²) < 4.78 is 1.88. The van der Waals surface area contributed by atoms with Crippen molar-refractivity contribution in [2.45, 2.75) is 38.8 Å². The summed E-state index contributed by atoms with van der Waals surface area (Å²) in [6.45, 7) is 3.81. The summed E-state index contributed by atoms with van der Waals surface area (Å²) in [5.74, 6) is -0.536. The van der Waals surface area contributed by atoms with Gasteiger partial charge in [-0.05, 0) is 66.6 Å². The van der Waals surface area contributed by atoms with Crippen molar-refractivity contribution in [1.29, 1.82) is 0 Å². The number of benzene rings is 2. The number of H-pyrrole nitrogens is 1. The maximum atomic E-state index is 11.4. The van der Waals surface area contributed by atoms with E-state index < -0.39 is 5.91 Å². The summed E-state index contributed by atoms with van der Waals surface area (Å²) in [5, 5.41) is 15.2. The number of aromatic nitrogens is 3. The van der Waals surface area contributed by atoms with Crippen LogP contribution >= 0.6 is 11.6 Å². The van der Waals surface area contributed by atoms with Gasteiger partial charge in [-0.2, -0.15) is 5.10 Å². The van der Waals surface area contributed by atoms with Crippen LogP contribution in [0.3, 0.4) is 0 Å². The Morgan fingerprint density at radius 1 is 1.31 bits per heavy atom. The Morgan fingerprint density at radius 2 is 2.17 bits per heavy atom. The normalized spacial score (nSPS) is 15.3. The fourth-order valence-electron chi connectivity index (χ4n) is 5.30. The average molecular weight is 504 g/mol. The molecule has 3 N–H and O–H groups in total. The van der Waals surface area contributed by atoms with Gasteiger partial charge in [0, 0.05) is 66.1 Å². The van der Waals surface area contributed by atoms with E-state index in [2.05, 4.69) is 52.5 Å². The van der Waals surface area contributed by atoms with E-state index in [4.69, 9.17) is 16.8 Å². The molecule has 4 aromatic rings. The van der Waals surface area contributed by atoms with E-state index in [1.54, 1.807) is 11.6 Å². The number of fused-ring (bicyclic) bond motifs is 2. The lowest BCUT2D eigenvalue weighted by molar-refractivity contribution is -0.124. The van der Waals surface area contributed by atoms with E-state index in [0.29, 0.717) is 6.04 Å². The molecule has 1 atom stereocenters. The molecule has 2 heterocycles. The minimum atomic E-state index is -0.536. The van der Waals surface area contributed by atoms with Gasteiger partial charge < -0.3 is 4.98 Å². The van der Waals surface area contributed by atoms with Crippen LogP contribution in [0.1, 0.15) is 46.0 Å². The molecule has 186 valence electrons. The van der Waals surface area contributed by atoms with Crippen molar-refractivity contribution >= 4 is 34.5 Å². The van der Waals surface area contributed by atoms with Gasteiger partial charge in [0.25, 0.3) is 5.91 Å². The zero-order valence-corrected chi connectivity index (χ0v) is 21.2. The number of aromatic amines is 1. The van der Waals surface area contributed by atoms with Gasteiger partial charge in [0.2, 0.25) is 0 Å². The van der Waals surface area contributed by atoms with Gasteiger partial charge in [-0.1, -0.05) is 35.9 Å². The standard InChI is InChI=1S/C28H30ClN5O2/c1-18-22(16-33(2)31-18)17-34(12-11-21-15-30-26-14-23(29)6-8-24(21)26)27-9-5-20-13-19(3-7-25(20)27)4-10-28(35)32-36/h3-4,6-8,10,13-16,27,30,36H,5,9,11-12,17H2,1-2H3,(H,32,35)/b10-4+. The highest BCUT2D eigenvalue weighted by atomic mass is 35.5. The molecule has 7 nitrogen and oxygen atoms in total. The molecule has 0 fully saturated rings. The summed E-state index contributed by atoms with van der Waals surface area (Å²) in [4.78, 5) is 17.3.